The number of nitrogens with zero attached hydrogens (tertiary/aromatic N) is 3. The Morgan fingerprint density at radius 1 is 1.33 bits per heavy atom. The third-order valence-corrected chi connectivity index (χ3v) is 1.36. The Morgan fingerprint density at radius 2 is 2.08 bits per heavy atom. The lowest BCUT2D eigenvalue weighted by atomic mass is 10.2. The first-order valence-corrected chi connectivity index (χ1v) is 4.24. The second-order valence-electron chi connectivity index (χ2n) is 2.41. The zero-order valence-electron chi connectivity index (χ0n) is 7.48. The molecule has 0 saturated carbocycles. The first-order valence-electron chi connectivity index (χ1n) is 4.24. The highest BCUT2D eigenvalue weighted by molar-refractivity contribution is 5.02. The van der Waals surface area contributed by atoms with Gasteiger partial charge in [0.1, 0.15) is 0 Å². The van der Waals surface area contributed by atoms with Crippen LogP contribution in [0, 0.1) is 0 Å². The van der Waals surface area contributed by atoms with Crippen LogP contribution in [0.3, 0.4) is 0 Å². The largest absolute Gasteiger partial charge is 0.0899 e. The van der Waals surface area contributed by atoms with Crippen LogP contribution >= 0.6 is 0 Å². The first kappa shape index (κ1) is 10.8. The number of hydrogen-bond acceptors (Lipinski definition) is 1. The molecule has 0 aromatic carbocycles. The van der Waals surface area contributed by atoms with Crippen LogP contribution in [0.25, 0.3) is 10.4 Å². The van der Waals surface area contributed by atoms with Crippen molar-refractivity contribution in [2.24, 2.45) is 5.11 Å². The average Bonchev–Trinajstić information content (AvgIpc) is 2.10. The molecule has 0 fully saturated rings. The molecule has 0 heterocycles. The van der Waals surface area contributed by atoms with Gasteiger partial charge in [-0.1, -0.05) is 49.2 Å². The Labute approximate surface area is 73.4 Å². The van der Waals surface area contributed by atoms with E-state index in [-0.39, 0.29) is 0 Å². The van der Waals surface area contributed by atoms with Gasteiger partial charge in [-0.15, -0.1) is 0 Å². The number of hydrogen-bond donors (Lipinski definition) is 0. The van der Waals surface area contributed by atoms with E-state index in [1.54, 1.807) is 0 Å². The molecule has 0 atom stereocenters. The fourth-order valence-electron chi connectivity index (χ4n) is 0.720. The summed E-state index contributed by atoms with van der Waals surface area (Å²) in [4.78, 5) is 2.63. The quantitative estimate of drug-likeness (QED) is 0.190. The minimum absolute atomic E-state index is 0.439. The molecule has 3 nitrogen and oxygen atoms in total. The molecule has 0 aromatic heterocycles. The van der Waals surface area contributed by atoms with Crippen LogP contribution < -0.4 is 0 Å². The molecular formula is C9H15N3. The highest BCUT2D eigenvalue weighted by Gasteiger charge is 1.75. The van der Waals surface area contributed by atoms with Crippen LogP contribution in [0.5, 0.6) is 0 Å². The molecule has 0 rings (SSSR count). The van der Waals surface area contributed by atoms with Crippen molar-refractivity contribution in [2.75, 3.05) is 6.54 Å². The minimum Gasteiger partial charge on any atom is -0.0899 e. The Balaban J connectivity index is 3.32. The molecule has 0 aliphatic carbocycles. The van der Waals surface area contributed by atoms with Gasteiger partial charge in [-0.3, -0.25) is 0 Å². The van der Waals surface area contributed by atoms with Crippen molar-refractivity contribution in [1.82, 2.24) is 0 Å². The van der Waals surface area contributed by atoms with Crippen molar-refractivity contribution in [3.63, 3.8) is 0 Å². The highest BCUT2D eigenvalue weighted by Crippen LogP contribution is 1.94. The normalized spacial score (nSPS) is 10.8. The molecule has 0 aromatic rings. The van der Waals surface area contributed by atoms with Crippen LogP contribution in [0.1, 0.15) is 26.2 Å². The van der Waals surface area contributed by atoms with Gasteiger partial charge >= 0.3 is 0 Å². The molecule has 0 saturated heterocycles. The lowest BCUT2D eigenvalue weighted by molar-refractivity contribution is 0.815. The number of unbranched alkanes of at least 4 members (excludes halogenated alkanes) is 2. The fraction of sp³-hybridized carbons (Fsp3) is 0.556. The molecule has 12 heavy (non-hydrogen) atoms. The Hall–Kier alpha value is -1.21. The van der Waals surface area contributed by atoms with Crippen molar-refractivity contribution in [2.45, 2.75) is 26.2 Å². The molecule has 0 unspecified atom stereocenters. The first-order chi connectivity index (χ1) is 5.91. The minimum atomic E-state index is 0.439. The van der Waals surface area contributed by atoms with Crippen LogP contribution in [0.4, 0.5) is 0 Å². The van der Waals surface area contributed by atoms with Gasteiger partial charge in [0.2, 0.25) is 0 Å². The van der Waals surface area contributed by atoms with Crippen molar-refractivity contribution >= 4 is 0 Å². The van der Waals surface area contributed by atoms with Gasteiger partial charge in [0.05, 0.1) is 0 Å². The van der Waals surface area contributed by atoms with Gasteiger partial charge in [-0.05, 0) is 12.0 Å². The summed E-state index contributed by atoms with van der Waals surface area (Å²) >= 11 is 0. The molecule has 0 aliphatic heterocycles. The number of rotatable bonds is 6. The second-order valence-corrected chi connectivity index (χ2v) is 2.41. The Kier molecular flexibility index (Phi) is 8.80. The summed E-state index contributed by atoms with van der Waals surface area (Å²) in [6, 6.07) is 0. The number of azide groups is 1. The average molecular weight is 165 g/mol. The van der Waals surface area contributed by atoms with Crippen molar-refractivity contribution in [1.29, 1.82) is 0 Å². The highest BCUT2D eigenvalue weighted by atomic mass is 15.1. The van der Waals surface area contributed by atoms with Gasteiger partial charge in [0.25, 0.3) is 0 Å². The lowest BCUT2D eigenvalue weighted by Gasteiger charge is -1.85. The summed E-state index contributed by atoms with van der Waals surface area (Å²) in [5, 5.41) is 3.37. The van der Waals surface area contributed by atoms with Crippen molar-refractivity contribution in [3.05, 3.63) is 34.7 Å². The smallest absolute Gasteiger partial charge is 0.0443 e. The van der Waals surface area contributed by atoms with E-state index in [4.69, 9.17) is 5.53 Å². The molecule has 0 spiro atoms. The fourth-order valence-corrected chi connectivity index (χ4v) is 0.720. The van der Waals surface area contributed by atoms with E-state index in [2.05, 4.69) is 23.0 Å². The summed E-state index contributed by atoms with van der Waals surface area (Å²) < 4.78 is 0. The molecule has 0 radical (unpaired) electrons. The Morgan fingerprint density at radius 3 is 2.75 bits per heavy atom. The van der Waals surface area contributed by atoms with E-state index in [0.29, 0.717) is 6.54 Å². The second kappa shape index (κ2) is 9.79. The van der Waals surface area contributed by atoms with Gasteiger partial charge in [-0.2, -0.15) is 0 Å². The molecule has 0 N–H and O–H groups in total. The van der Waals surface area contributed by atoms with E-state index >= 15 is 0 Å². The van der Waals surface area contributed by atoms with Crippen LogP contribution in [0.15, 0.2) is 29.4 Å². The molecule has 0 amide bonds. The maximum Gasteiger partial charge on any atom is 0.0443 e. The van der Waals surface area contributed by atoms with Gasteiger partial charge in [0.15, 0.2) is 0 Å². The third-order valence-electron chi connectivity index (χ3n) is 1.36. The zero-order chi connectivity index (χ0) is 9.07. The Bertz CT molecular complexity index is 188. The van der Waals surface area contributed by atoms with Crippen LogP contribution in [-0.2, 0) is 0 Å². The predicted octanol–water partition coefficient (Wildman–Crippen LogP) is 3.60. The monoisotopic (exact) mass is 165 g/mol. The standard InChI is InChI=1S/C9H15N3/c1-2-3-4-5-6-7-8-9-11-12-10/h5-8H,2-4,9H2,1H3/b6-5+,8-7+. The van der Waals surface area contributed by atoms with Gasteiger partial charge in [-0.25, -0.2) is 0 Å². The van der Waals surface area contributed by atoms with E-state index in [0.717, 1.165) is 6.42 Å². The van der Waals surface area contributed by atoms with E-state index < -0.39 is 0 Å². The van der Waals surface area contributed by atoms with E-state index in [9.17, 15) is 0 Å². The van der Waals surface area contributed by atoms with Crippen molar-refractivity contribution in [3.8, 4) is 0 Å². The SMILES string of the molecule is CCCC/C=C/C=C/CN=[N+]=[N-]. The van der Waals surface area contributed by atoms with E-state index in [1.165, 1.54) is 12.8 Å². The van der Waals surface area contributed by atoms with E-state index in [1.807, 2.05) is 18.2 Å². The van der Waals surface area contributed by atoms with Gasteiger partial charge < -0.3 is 0 Å². The topological polar surface area (TPSA) is 48.8 Å². The molecule has 0 bridgehead atoms. The third kappa shape index (κ3) is 8.79. The molecule has 0 aliphatic rings. The molecule has 3 heteroatoms. The van der Waals surface area contributed by atoms with Crippen LogP contribution in [-0.4, -0.2) is 6.54 Å². The summed E-state index contributed by atoms with van der Waals surface area (Å²) in [7, 11) is 0. The lowest BCUT2D eigenvalue weighted by Crippen LogP contribution is -1.67. The van der Waals surface area contributed by atoms with Gasteiger partial charge in [0, 0.05) is 11.5 Å². The molecule has 66 valence electrons. The van der Waals surface area contributed by atoms with Crippen molar-refractivity contribution < 1.29 is 0 Å². The zero-order valence-corrected chi connectivity index (χ0v) is 7.48. The summed E-state index contributed by atoms with van der Waals surface area (Å²) in [6.07, 6.45) is 11.4. The summed E-state index contributed by atoms with van der Waals surface area (Å²) in [5.74, 6) is 0. The van der Waals surface area contributed by atoms with Crippen LogP contribution in [0.2, 0.25) is 0 Å². The maximum absolute atomic E-state index is 7.95. The number of allylic oxidation sites excluding steroid dienone is 3. The predicted molar refractivity (Wildman–Crippen MR) is 51.8 cm³/mol. The maximum atomic E-state index is 7.95. The summed E-state index contributed by atoms with van der Waals surface area (Å²) in [5.41, 5.74) is 7.95. The molecular weight excluding hydrogens is 150 g/mol. The summed E-state index contributed by atoms with van der Waals surface area (Å²) in [6.45, 7) is 2.61.